The lowest BCUT2D eigenvalue weighted by molar-refractivity contribution is -0.384. The number of nitrogens with two attached hydrogens (primary N) is 1. The van der Waals surface area contributed by atoms with Gasteiger partial charge in [0.2, 0.25) is 0 Å². The molecule has 2 rings (SSSR count). The first kappa shape index (κ1) is 18.9. The number of primary amides is 1. The van der Waals surface area contributed by atoms with E-state index in [2.05, 4.69) is 11.1 Å². The molecule has 1 amide bonds. The van der Waals surface area contributed by atoms with E-state index < -0.39 is 12.1 Å². The van der Waals surface area contributed by atoms with Crippen LogP contribution in [0, 0.1) is 16.0 Å². The van der Waals surface area contributed by atoms with Gasteiger partial charge in [-0.15, -0.1) is 0 Å². The van der Waals surface area contributed by atoms with E-state index in [1.54, 1.807) is 12.1 Å². The molecule has 9 heteroatoms. The predicted molar refractivity (Wildman–Crippen MR) is 77.6 cm³/mol. The smallest absolute Gasteiger partial charge is 0.362 e. The van der Waals surface area contributed by atoms with Crippen LogP contribution < -0.4 is 11.1 Å². The van der Waals surface area contributed by atoms with Crippen molar-refractivity contribution in [2.75, 3.05) is 13.1 Å². The number of carbonyl (C=O) groups is 1. The van der Waals surface area contributed by atoms with Gasteiger partial charge >= 0.3 is 12.1 Å². The molecule has 23 heavy (non-hydrogen) atoms. The van der Waals surface area contributed by atoms with Crippen molar-refractivity contribution in [2.24, 2.45) is 11.7 Å². The van der Waals surface area contributed by atoms with Crippen molar-refractivity contribution in [1.29, 1.82) is 0 Å². The number of hydrogen-bond acceptors (Lipinski definition) is 4. The minimum absolute atomic E-state index is 0.175. The van der Waals surface area contributed by atoms with Gasteiger partial charge in [0.05, 0.1) is 4.92 Å². The minimum atomic E-state index is -4.86. The fraction of sp³-hybridized carbons (Fsp3) is 0.500. The highest BCUT2D eigenvalue weighted by atomic mass is 19.4. The highest BCUT2D eigenvalue weighted by Gasteiger charge is 2.35. The van der Waals surface area contributed by atoms with E-state index in [1.165, 1.54) is 18.4 Å². The Morgan fingerprint density at radius 3 is 2.13 bits per heavy atom. The Kier molecular flexibility index (Phi) is 6.95. The van der Waals surface area contributed by atoms with Crippen molar-refractivity contribution in [3.8, 4) is 0 Å². The molecule has 0 bridgehead atoms. The van der Waals surface area contributed by atoms with E-state index in [1.807, 2.05) is 12.1 Å². The van der Waals surface area contributed by atoms with Gasteiger partial charge < -0.3 is 11.1 Å². The van der Waals surface area contributed by atoms with Crippen molar-refractivity contribution >= 4 is 11.6 Å². The third kappa shape index (κ3) is 7.09. The summed E-state index contributed by atoms with van der Waals surface area (Å²) >= 11 is 0. The van der Waals surface area contributed by atoms with Crippen LogP contribution in [-0.4, -0.2) is 30.1 Å². The second kappa shape index (κ2) is 8.47. The maximum Gasteiger partial charge on any atom is 0.470 e. The normalized spacial score (nSPS) is 15.4. The number of nitrogens with one attached hydrogen (secondary N) is 1. The lowest BCUT2D eigenvalue weighted by Crippen LogP contribution is -2.30. The molecule has 1 fully saturated rings. The molecule has 1 aromatic rings. The molecule has 0 aromatic heterocycles. The summed E-state index contributed by atoms with van der Waals surface area (Å²) in [4.78, 5) is 19.3. The number of carbonyl (C=O) groups excluding carboxylic acids is 1. The van der Waals surface area contributed by atoms with E-state index in [0.29, 0.717) is 0 Å². The Labute approximate surface area is 131 Å². The van der Waals surface area contributed by atoms with Gasteiger partial charge in [-0.2, -0.15) is 13.2 Å². The summed E-state index contributed by atoms with van der Waals surface area (Å²) in [5, 5.41) is 13.8. The van der Waals surface area contributed by atoms with Crippen molar-refractivity contribution < 1.29 is 22.9 Å². The summed E-state index contributed by atoms with van der Waals surface area (Å²) in [6.07, 6.45) is -1.41. The molecule has 1 heterocycles. The molecule has 0 aliphatic carbocycles. The van der Waals surface area contributed by atoms with Gasteiger partial charge in [0.1, 0.15) is 0 Å². The lowest BCUT2D eigenvalue weighted by atomic mass is 9.91. The molecule has 6 nitrogen and oxygen atoms in total. The molecule has 128 valence electrons. The SMILES string of the molecule is NC(=O)C(F)(F)F.O=[N+]([O-])c1ccc(CC2CCNCC2)cc1. The number of nitrogens with zero attached hydrogens (tertiary/aromatic N) is 1. The molecule has 0 saturated carbocycles. The number of halogens is 3. The largest absolute Gasteiger partial charge is 0.470 e. The van der Waals surface area contributed by atoms with Gasteiger partial charge in [0.25, 0.3) is 5.69 Å². The fourth-order valence-electron chi connectivity index (χ4n) is 2.17. The number of nitro benzene ring substituents is 1. The Bertz CT molecular complexity index is 526. The fourth-order valence-corrected chi connectivity index (χ4v) is 2.17. The standard InChI is InChI=1S/C12H16N2O2.C2H2F3NO/c15-14(16)12-3-1-10(2-4-12)9-11-5-7-13-8-6-11;3-2(4,5)1(6)7/h1-4,11,13H,5-9H2;(H2,6,7). The summed E-state index contributed by atoms with van der Waals surface area (Å²) < 4.78 is 32.1. The van der Waals surface area contributed by atoms with Crippen molar-refractivity contribution in [3.63, 3.8) is 0 Å². The van der Waals surface area contributed by atoms with Crippen molar-refractivity contribution in [1.82, 2.24) is 5.32 Å². The zero-order valence-electron chi connectivity index (χ0n) is 12.3. The Hall–Kier alpha value is -2.16. The van der Waals surface area contributed by atoms with Crippen LogP contribution in [-0.2, 0) is 11.2 Å². The van der Waals surface area contributed by atoms with Gasteiger partial charge in [0.15, 0.2) is 0 Å². The van der Waals surface area contributed by atoms with Gasteiger partial charge in [-0.25, -0.2) is 0 Å². The monoisotopic (exact) mass is 333 g/mol. The van der Waals surface area contributed by atoms with E-state index in [-0.39, 0.29) is 10.6 Å². The van der Waals surface area contributed by atoms with Gasteiger partial charge in [0, 0.05) is 12.1 Å². The summed E-state index contributed by atoms with van der Waals surface area (Å²) in [5.74, 6) is -1.53. The van der Waals surface area contributed by atoms with Crippen LogP contribution in [0.15, 0.2) is 24.3 Å². The van der Waals surface area contributed by atoms with Crippen LogP contribution in [0.5, 0.6) is 0 Å². The van der Waals surface area contributed by atoms with Gasteiger partial charge in [-0.05, 0) is 43.8 Å². The molecule has 0 spiro atoms. The van der Waals surface area contributed by atoms with Crippen molar-refractivity contribution in [2.45, 2.75) is 25.4 Å². The average Bonchev–Trinajstić information content (AvgIpc) is 2.48. The molecule has 0 atom stereocenters. The zero-order valence-corrected chi connectivity index (χ0v) is 12.3. The summed E-state index contributed by atoms with van der Waals surface area (Å²) in [6.45, 7) is 2.19. The van der Waals surface area contributed by atoms with E-state index in [9.17, 15) is 23.3 Å². The molecule has 1 saturated heterocycles. The van der Waals surface area contributed by atoms with Crippen LogP contribution in [0.2, 0.25) is 0 Å². The summed E-state index contributed by atoms with van der Waals surface area (Å²) in [6, 6.07) is 6.94. The van der Waals surface area contributed by atoms with Crippen molar-refractivity contribution in [3.05, 3.63) is 39.9 Å². The first-order chi connectivity index (χ1) is 10.7. The molecule has 1 aromatic carbocycles. The maximum atomic E-state index is 10.7. The minimum Gasteiger partial charge on any atom is -0.362 e. The Morgan fingerprint density at radius 1 is 1.26 bits per heavy atom. The van der Waals surface area contributed by atoms with Crippen LogP contribution in [0.25, 0.3) is 0 Å². The summed E-state index contributed by atoms with van der Waals surface area (Å²) in [7, 11) is 0. The molecule has 1 aliphatic rings. The third-order valence-corrected chi connectivity index (χ3v) is 3.41. The quantitative estimate of drug-likeness (QED) is 0.654. The number of benzene rings is 1. The third-order valence-electron chi connectivity index (χ3n) is 3.41. The van der Waals surface area contributed by atoms with Crippen LogP contribution in [0.3, 0.4) is 0 Å². The van der Waals surface area contributed by atoms with Crippen LogP contribution >= 0.6 is 0 Å². The van der Waals surface area contributed by atoms with E-state index in [0.717, 1.165) is 25.4 Å². The molecule has 0 unspecified atom stereocenters. The number of rotatable bonds is 3. The second-order valence-corrected chi connectivity index (χ2v) is 5.18. The Morgan fingerprint density at radius 2 is 1.74 bits per heavy atom. The number of amides is 1. The van der Waals surface area contributed by atoms with E-state index >= 15 is 0 Å². The lowest BCUT2D eigenvalue weighted by Gasteiger charge is -2.22. The highest BCUT2D eigenvalue weighted by molar-refractivity contribution is 5.79. The molecule has 1 aliphatic heterocycles. The molecule has 3 N–H and O–H groups in total. The number of nitro groups is 1. The topological polar surface area (TPSA) is 98.3 Å². The van der Waals surface area contributed by atoms with Gasteiger partial charge in [-0.3, -0.25) is 14.9 Å². The number of non-ortho nitro benzene ring substituents is 1. The number of alkyl halides is 3. The summed E-state index contributed by atoms with van der Waals surface area (Å²) in [5.41, 5.74) is 5.19. The predicted octanol–water partition coefficient (Wildman–Crippen LogP) is 2.17. The van der Waals surface area contributed by atoms with E-state index in [4.69, 9.17) is 4.79 Å². The first-order valence-electron chi connectivity index (χ1n) is 7.01. The first-order valence-corrected chi connectivity index (χ1v) is 7.01. The number of piperidine rings is 1. The second-order valence-electron chi connectivity index (χ2n) is 5.18. The molecular formula is C14H18F3N3O3. The number of hydrogen-bond donors (Lipinski definition) is 2. The molecule has 0 radical (unpaired) electrons. The maximum absolute atomic E-state index is 10.7. The zero-order chi connectivity index (χ0) is 17.5. The van der Waals surface area contributed by atoms with Crippen LogP contribution in [0.1, 0.15) is 18.4 Å². The Balaban J connectivity index is 0.000000322. The average molecular weight is 333 g/mol. The molecular weight excluding hydrogens is 315 g/mol. The highest BCUT2D eigenvalue weighted by Crippen LogP contribution is 2.20. The van der Waals surface area contributed by atoms with Gasteiger partial charge in [-0.1, -0.05) is 12.1 Å². The van der Waals surface area contributed by atoms with Crippen LogP contribution in [0.4, 0.5) is 18.9 Å².